The summed E-state index contributed by atoms with van der Waals surface area (Å²) in [6.07, 6.45) is 4.08. The van der Waals surface area contributed by atoms with E-state index in [1.165, 1.54) is 6.07 Å². The van der Waals surface area contributed by atoms with E-state index in [9.17, 15) is 10.1 Å². The summed E-state index contributed by atoms with van der Waals surface area (Å²) < 4.78 is 23.2. The SMILES string of the molecule is CCN(CC1CCC(C)N1)c1cc(F)c2c(c1C#N)OC[C@H](NC(=O)c1cc3c(Cl)cn(CC)c3nn1)C2. The van der Waals surface area contributed by atoms with Crippen LogP contribution in [0.4, 0.5) is 10.1 Å². The molecule has 1 fully saturated rings. The number of aryl methyl sites for hydroxylation is 1. The second-order valence-corrected chi connectivity index (χ2v) is 10.4. The number of nitrogens with zero attached hydrogens (tertiary/aromatic N) is 5. The molecule has 0 bridgehead atoms. The first-order valence-electron chi connectivity index (χ1n) is 13.0. The zero-order valence-electron chi connectivity index (χ0n) is 21.7. The third-order valence-electron chi connectivity index (χ3n) is 7.41. The Labute approximate surface area is 225 Å². The van der Waals surface area contributed by atoms with E-state index in [0.717, 1.165) is 12.8 Å². The number of anilines is 1. The molecule has 9 nitrogen and oxygen atoms in total. The number of likely N-dealkylation sites (N-methyl/N-ethyl adjacent to an activating group) is 1. The number of benzene rings is 1. The summed E-state index contributed by atoms with van der Waals surface area (Å²) in [4.78, 5) is 15.0. The van der Waals surface area contributed by atoms with Gasteiger partial charge in [-0.2, -0.15) is 5.26 Å². The van der Waals surface area contributed by atoms with E-state index < -0.39 is 17.8 Å². The Morgan fingerprint density at radius 3 is 2.87 bits per heavy atom. The fraction of sp³-hybridized carbons (Fsp3) is 0.481. The van der Waals surface area contributed by atoms with Crippen LogP contribution in [0, 0.1) is 17.1 Å². The quantitative estimate of drug-likeness (QED) is 0.470. The lowest BCUT2D eigenvalue weighted by molar-refractivity contribution is 0.0908. The molecule has 5 rings (SSSR count). The number of hydrogen-bond donors (Lipinski definition) is 2. The minimum Gasteiger partial charge on any atom is -0.490 e. The highest BCUT2D eigenvalue weighted by Gasteiger charge is 2.31. The summed E-state index contributed by atoms with van der Waals surface area (Å²) in [6, 6.07) is 5.50. The second-order valence-electron chi connectivity index (χ2n) is 9.97. The molecule has 1 aromatic carbocycles. The van der Waals surface area contributed by atoms with Crippen LogP contribution in [0.25, 0.3) is 11.0 Å². The van der Waals surface area contributed by atoms with Gasteiger partial charge >= 0.3 is 0 Å². The lowest BCUT2D eigenvalue weighted by atomic mass is 9.97. The number of carbonyl (C=O) groups is 1. The van der Waals surface area contributed by atoms with Crippen molar-refractivity contribution < 1.29 is 13.9 Å². The van der Waals surface area contributed by atoms with Gasteiger partial charge in [-0.15, -0.1) is 10.2 Å². The van der Waals surface area contributed by atoms with Crippen molar-refractivity contribution in [3.63, 3.8) is 0 Å². The summed E-state index contributed by atoms with van der Waals surface area (Å²) in [5, 5.41) is 25.8. The van der Waals surface area contributed by atoms with Gasteiger partial charge in [-0.05, 0) is 45.7 Å². The van der Waals surface area contributed by atoms with Gasteiger partial charge in [-0.1, -0.05) is 11.6 Å². The molecule has 4 heterocycles. The first-order valence-corrected chi connectivity index (χ1v) is 13.4. The first-order chi connectivity index (χ1) is 18.3. The Bertz CT molecular complexity index is 1420. The van der Waals surface area contributed by atoms with Gasteiger partial charge in [-0.3, -0.25) is 4.79 Å². The van der Waals surface area contributed by atoms with Gasteiger partial charge in [0.1, 0.15) is 29.8 Å². The molecule has 1 amide bonds. The number of aromatic nitrogens is 3. The van der Waals surface area contributed by atoms with Crippen LogP contribution < -0.4 is 20.3 Å². The third kappa shape index (κ3) is 4.88. The first kappa shape index (κ1) is 26.2. The molecule has 0 aliphatic carbocycles. The number of fused-ring (bicyclic) bond motifs is 2. The van der Waals surface area contributed by atoms with E-state index in [2.05, 4.69) is 33.8 Å². The van der Waals surface area contributed by atoms with Gasteiger partial charge in [0.25, 0.3) is 5.91 Å². The largest absolute Gasteiger partial charge is 0.490 e. The van der Waals surface area contributed by atoms with Crippen molar-refractivity contribution in [2.75, 3.05) is 24.6 Å². The molecule has 2 N–H and O–H groups in total. The van der Waals surface area contributed by atoms with Crippen LogP contribution in [0.1, 0.15) is 55.2 Å². The van der Waals surface area contributed by atoms with Gasteiger partial charge in [0.15, 0.2) is 11.3 Å². The average molecular weight is 540 g/mol. The summed E-state index contributed by atoms with van der Waals surface area (Å²) in [5.74, 6) is -0.647. The molecule has 0 radical (unpaired) electrons. The highest BCUT2D eigenvalue weighted by Crippen LogP contribution is 2.38. The minimum atomic E-state index is -0.499. The number of nitrogens with one attached hydrogen (secondary N) is 2. The molecule has 200 valence electrons. The maximum atomic E-state index is 15.4. The van der Waals surface area contributed by atoms with Crippen molar-refractivity contribution in [3.05, 3.63) is 46.0 Å². The zero-order valence-corrected chi connectivity index (χ0v) is 22.5. The number of rotatable bonds is 7. The maximum Gasteiger partial charge on any atom is 0.272 e. The highest BCUT2D eigenvalue weighted by atomic mass is 35.5. The second kappa shape index (κ2) is 10.8. The van der Waals surface area contributed by atoms with E-state index in [-0.39, 0.29) is 36.1 Å². The van der Waals surface area contributed by atoms with Crippen LogP contribution >= 0.6 is 11.6 Å². The number of nitriles is 1. The molecule has 11 heteroatoms. The van der Waals surface area contributed by atoms with E-state index in [1.807, 2.05) is 23.3 Å². The predicted molar refractivity (Wildman–Crippen MR) is 143 cm³/mol. The van der Waals surface area contributed by atoms with Gasteiger partial charge in [0, 0.05) is 55.3 Å². The molecule has 2 unspecified atom stereocenters. The number of halogens is 2. The van der Waals surface area contributed by atoms with E-state index in [4.69, 9.17) is 16.3 Å². The normalized spacial score (nSPS) is 20.6. The fourth-order valence-electron chi connectivity index (χ4n) is 5.42. The monoisotopic (exact) mass is 539 g/mol. The fourth-order valence-corrected chi connectivity index (χ4v) is 5.68. The van der Waals surface area contributed by atoms with Crippen molar-refractivity contribution in [1.29, 1.82) is 5.26 Å². The van der Waals surface area contributed by atoms with Crippen molar-refractivity contribution in [3.8, 4) is 11.8 Å². The third-order valence-corrected chi connectivity index (χ3v) is 7.71. The number of hydrogen-bond acceptors (Lipinski definition) is 7. The van der Waals surface area contributed by atoms with Crippen LogP contribution in [-0.4, -0.2) is 58.5 Å². The van der Waals surface area contributed by atoms with Gasteiger partial charge in [0.2, 0.25) is 0 Å². The van der Waals surface area contributed by atoms with Crippen molar-refractivity contribution in [1.82, 2.24) is 25.4 Å². The Hall–Kier alpha value is -3.42. The summed E-state index contributed by atoms with van der Waals surface area (Å²) in [7, 11) is 0. The van der Waals surface area contributed by atoms with E-state index in [1.54, 1.807) is 12.3 Å². The molecule has 0 spiro atoms. The van der Waals surface area contributed by atoms with Crippen LogP contribution in [-0.2, 0) is 13.0 Å². The summed E-state index contributed by atoms with van der Waals surface area (Å²) in [5.41, 5.74) is 1.86. The number of carbonyl (C=O) groups excluding carboxylic acids is 1. The Morgan fingerprint density at radius 2 is 2.18 bits per heavy atom. The lowest BCUT2D eigenvalue weighted by Crippen LogP contribution is -2.44. The van der Waals surface area contributed by atoms with Crippen LogP contribution in [0.2, 0.25) is 5.02 Å². The molecule has 1 saturated heterocycles. The molecule has 2 aromatic heterocycles. The van der Waals surface area contributed by atoms with Crippen LogP contribution in [0.15, 0.2) is 18.3 Å². The van der Waals surface area contributed by atoms with Gasteiger partial charge in [-0.25, -0.2) is 4.39 Å². The Morgan fingerprint density at radius 1 is 1.37 bits per heavy atom. The maximum absolute atomic E-state index is 15.4. The van der Waals surface area contributed by atoms with Gasteiger partial charge in [0.05, 0.1) is 16.8 Å². The van der Waals surface area contributed by atoms with E-state index >= 15 is 4.39 Å². The van der Waals surface area contributed by atoms with Crippen molar-refractivity contribution in [2.45, 2.75) is 64.7 Å². The molecular weight excluding hydrogens is 509 g/mol. The minimum absolute atomic E-state index is 0.104. The van der Waals surface area contributed by atoms with Crippen molar-refractivity contribution in [2.24, 2.45) is 0 Å². The summed E-state index contributed by atoms with van der Waals surface area (Å²) in [6.45, 7) is 8.21. The van der Waals surface area contributed by atoms with Crippen LogP contribution in [0.3, 0.4) is 0 Å². The number of ether oxygens (including phenoxy) is 1. The zero-order chi connectivity index (χ0) is 27.0. The summed E-state index contributed by atoms with van der Waals surface area (Å²) >= 11 is 6.31. The average Bonchev–Trinajstić information content (AvgIpc) is 3.48. The Balaban J connectivity index is 1.34. The van der Waals surface area contributed by atoms with Crippen molar-refractivity contribution >= 4 is 34.2 Å². The van der Waals surface area contributed by atoms with Gasteiger partial charge < -0.3 is 24.8 Å². The van der Waals surface area contributed by atoms with E-state index in [0.29, 0.717) is 53.0 Å². The smallest absolute Gasteiger partial charge is 0.272 e. The molecule has 3 aromatic rings. The number of amides is 1. The predicted octanol–water partition coefficient (Wildman–Crippen LogP) is 3.82. The lowest BCUT2D eigenvalue weighted by Gasteiger charge is -2.31. The van der Waals surface area contributed by atoms with Crippen LogP contribution in [0.5, 0.6) is 5.75 Å². The molecule has 38 heavy (non-hydrogen) atoms. The molecule has 3 atom stereocenters. The molecule has 2 aliphatic rings. The molecule has 2 aliphatic heterocycles. The standard InChI is InChI=1S/C27H31ClFN7O2/c1-4-35(12-16-7-6-15(3)31-16)24-10-22(29)19-8-17(14-38-25(19)20(24)11-30)32-27(37)23-9-18-21(28)13-36(5-2)26(18)34-33-23/h9-10,13,15-17,31H,4-8,12,14H2,1-3H3,(H,32,37)/t15?,16?,17-/m1/s1. The molecule has 0 saturated carbocycles. The topological polar surface area (TPSA) is 108 Å². The Kier molecular flexibility index (Phi) is 7.41. The highest BCUT2D eigenvalue weighted by molar-refractivity contribution is 6.35. The molecular formula is C27H31ClFN7O2.